The van der Waals surface area contributed by atoms with Crippen molar-refractivity contribution in [1.82, 2.24) is 0 Å². The highest BCUT2D eigenvalue weighted by atomic mass is 31.2. The SMILES string of the molecule is C=C(OCC)C1=CN(COOP(=O)(O)O)c2cc(OCC)c(OCCCCCCCCCC)cc2C1=C. The number of anilines is 1. The summed E-state index contributed by atoms with van der Waals surface area (Å²) in [6.45, 7) is 15.3. The van der Waals surface area contributed by atoms with Crippen molar-refractivity contribution in [3.63, 3.8) is 0 Å². The van der Waals surface area contributed by atoms with Gasteiger partial charge in [0, 0.05) is 23.4 Å². The molecule has 1 aromatic rings. The highest BCUT2D eigenvalue weighted by molar-refractivity contribution is 7.46. The molecule has 0 aliphatic carbocycles. The van der Waals surface area contributed by atoms with Gasteiger partial charge in [-0.15, -0.1) is 4.67 Å². The zero-order valence-electron chi connectivity index (χ0n) is 22.4. The van der Waals surface area contributed by atoms with Gasteiger partial charge in [-0.1, -0.05) is 65.0 Å². The van der Waals surface area contributed by atoms with Crippen LogP contribution in [0.4, 0.5) is 5.69 Å². The number of rotatable bonds is 19. The minimum Gasteiger partial charge on any atom is -0.494 e. The van der Waals surface area contributed by atoms with Crippen molar-refractivity contribution in [3.8, 4) is 11.5 Å². The third-order valence-corrected chi connectivity index (χ3v) is 6.12. The molecule has 1 aromatic carbocycles. The molecular formula is C27H42NO8P. The molecule has 0 unspecified atom stereocenters. The summed E-state index contributed by atoms with van der Waals surface area (Å²) in [5, 5.41) is 0. The molecule has 0 bridgehead atoms. The van der Waals surface area contributed by atoms with Gasteiger partial charge in [0.25, 0.3) is 0 Å². The quantitative estimate of drug-likeness (QED) is 0.0640. The zero-order valence-corrected chi connectivity index (χ0v) is 23.3. The standard InChI is InChI=1S/C27H42NO8P/c1-6-9-10-11-12-13-14-15-16-34-26-17-23-21(4)24(22(5)32-7-2)19-28(20-35-36-37(29,30)31)25(23)18-27(26)33-8-3/h17-19H,4-16,20H2,1-3H3,(H2,29,30,31). The largest absolute Gasteiger partial charge is 0.496 e. The fourth-order valence-electron chi connectivity index (χ4n) is 4.02. The van der Waals surface area contributed by atoms with E-state index in [1.165, 1.54) is 38.5 Å². The Morgan fingerprint density at radius 2 is 1.59 bits per heavy atom. The van der Waals surface area contributed by atoms with Crippen LogP contribution in [-0.2, 0) is 18.9 Å². The molecule has 0 radical (unpaired) electrons. The summed E-state index contributed by atoms with van der Waals surface area (Å²) < 4.78 is 32.8. The molecule has 0 atom stereocenters. The van der Waals surface area contributed by atoms with Gasteiger partial charge < -0.3 is 28.9 Å². The topological polar surface area (TPSA) is 107 Å². The fourth-order valence-corrected chi connectivity index (χ4v) is 4.21. The molecule has 0 spiro atoms. The Kier molecular flexibility index (Phi) is 13.2. The van der Waals surface area contributed by atoms with Crippen LogP contribution in [0.5, 0.6) is 11.5 Å². The van der Waals surface area contributed by atoms with Crippen LogP contribution in [0, 0.1) is 0 Å². The van der Waals surface area contributed by atoms with E-state index >= 15 is 0 Å². The average molecular weight is 540 g/mol. The lowest BCUT2D eigenvalue weighted by molar-refractivity contribution is -0.219. The number of hydrogen-bond acceptors (Lipinski definition) is 7. The van der Waals surface area contributed by atoms with Gasteiger partial charge in [0.2, 0.25) is 0 Å². The Labute approximate surface area is 220 Å². The highest BCUT2D eigenvalue weighted by Gasteiger charge is 2.27. The van der Waals surface area contributed by atoms with Crippen molar-refractivity contribution in [2.45, 2.75) is 72.1 Å². The predicted molar refractivity (Wildman–Crippen MR) is 145 cm³/mol. The predicted octanol–water partition coefficient (Wildman–Crippen LogP) is 6.87. The van der Waals surface area contributed by atoms with E-state index in [0.717, 1.165) is 18.4 Å². The fraction of sp³-hybridized carbons (Fsp3) is 0.556. The van der Waals surface area contributed by atoms with Gasteiger partial charge in [-0.3, -0.25) is 0 Å². The monoisotopic (exact) mass is 539 g/mol. The third kappa shape index (κ3) is 10.2. The van der Waals surface area contributed by atoms with E-state index in [1.54, 1.807) is 17.2 Å². The lowest BCUT2D eigenvalue weighted by Crippen LogP contribution is -2.25. The summed E-state index contributed by atoms with van der Waals surface area (Å²) in [7, 11) is -4.81. The molecule has 9 nitrogen and oxygen atoms in total. The van der Waals surface area contributed by atoms with Crippen LogP contribution < -0.4 is 14.4 Å². The first-order valence-electron chi connectivity index (χ1n) is 13.0. The van der Waals surface area contributed by atoms with Gasteiger partial charge in [-0.25, -0.2) is 9.45 Å². The minimum absolute atomic E-state index is 0.307. The molecule has 37 heavy (non-hydrogen) atoms. The van der Waals surface area contributed by atoms with Crippen molar-refractivity contribution in [3.05, 3.63) is 48.4 Å². The third-order valence-electron chi connectivity index (χ3n) is 5.82. The number of unbranched alkanes of at least 4 members (excludes halogenated alkanes) is 7. The van der Waals surface area contributed by atoms with E-state index in [4.69, 9.17) is 28.9 Å². The van der Waals surface area contributed by atoms with Crippen molar-refractivity contribution in [2.75, 3.05) is 31.5 Å². The van der Waals surface area contributed by atoms with Crippen LogP contribution in [-0.4, -0.2) is 36.3 Å². The first-order chi connectivity index (χ1) is 17.7. The highest BCUT2D eigenvalue weighted by Crippen LogP contribution is 2.45. The van der Waals surface area contributed by atoms with Gasteiger partial charge in [-0.05, 0) is 31.9 Å². The number of fused-ring (bicyclic) bond motifs is 1. The van der Waals surface area contributed by atoms with Crippen LogP contribution in [0.15, 0.2) is 42.8 Å². The van der Waals surface area contributed by atoms with E-state index in [1.807, 2.05) is 19.9 Å². The van der Waals surface area contributed by atoms with E-state index < -0.39 is 7.82 Å². The Morgan fingerprint density at radius 1 is 0.946 bits per heavy atom. The summed E-state index contributed by atoms with van der Waals surface area (Å²) in [5.74, 6) is 1.56. The summed E-state index contributed by atoms with van der Waals surface area (Å²) >= 11 is 0. The van der Waals surface area contributed by atoms with Gasteiger partial charge >= 0.3 is 7.82 Å². The van der Waals surface area contributed by atoms with E-state index in [-0.39, 0.29) is 6.73 Å². The van der Waals surface area contributed by atoms with Crippen molar-refractivity contribution in [1.29, 1.82) is 0 Å². The summed E-state index contributed by atoms with van der Waals surface area (Å²) in [4.78, 5) is 24.4. The van der Waals surface area contributed by atoms with Crippen LogP contribution in [0.25, 0.3) is 5.57 Å². The molecule has 1 aliphatic rings. The van der Waals surface area contributed by atoms with Crippen LogP contribution in [0.2, 0.25) is 0 Å². The molecule has 1 aliphatic heterocycles. The van der Waals surface area contributed by atoms with Crippen molar-refractivity contribution < 1.29 is 38.1 Å². The lowest BCUT2D eigenvalue weighted by Gasteiger charge is -2.31. The molecular weight excluding hydrogens is 497 g/mol. The molecule has 0 amide bonds. The van der Waals surface area contributed by atoms with Gasteiger partial charge in [0.1, 0.15) is 5.76 Å². The smallest absolute Gasteiger partial charge is 0.494 e. The normalized spacial score (nSPS) is 13.3. The molecule has 2 N–H and O–H groups in total. The Hall–Kier alpha value is -2.29. The Morgan fingerprint density at radius 3 is 2.22 bits per heavy atom. The Balaban J connectivity index is 2.19. The van der Waals surface area contributed by atoms with E-state index in [2.05, 4.69) is 24.8 Å². The molecule has 0 aromatic heterocycles. The molecule has 0 fully saturated rings. The first kappa shape index (κ1) is 30.9. The summed E-state index contributed by atoms with van der Waals surface area (Å²) in [6, 6.07) is 3.65. The molecule has 0 saturated heterocycles. The van der Waals surface area contributed by atoms with Gasteiger partial charge in [0.15, 0.2) is 18.2 Å². The summed E-state index contributed by atoms with van der Waals surface area (Å²) in [6.07, 6.45) is 11.4. The second-order valence-corrected chi connectivity index (χ2v) is 9.86. The minimum atomic E-state index is -4.81. The molecule has 10 heteroatoms. The summed E-state index contributed by atoms with van der Waals surface area (Å²) in [5.41, 5.74) is 2.66. The second-order valence-electron chi connectivity index (χ2n) is 8.73. The number of nitrogens with zero attached hydrogens (tertiary/aromatic N) is 1. The van der Waals surface area contributed by atoms with Crippen LogP contribution in [0.1, 0.15) is 77.7 Å². The second kappa shape index (κ2) is 15.8. The number of ether oxygens (including phenoxy) is 3. The van der Waals surface area contributed by atoms with Crippen LogP contribution >= 0.6 is 7.82 Å². The maximum atomic E-state index is 11.1. The average Bonchev–Trinajstić information content (AvgIpc) is 2.84. The van der Waals surface area contributed by atoms with Crippen molar-refractivity contribution in [2.24, 2.45) is 0 Å². The lowest BCUT2D eigenvalue weighted by atomic mass is 9.93. The maximum Gasteiger partial charge on any atom is 0.496 e. The maximum absolute atomic E-state index is 11.1. The molecule has 0 saturated carbocycles. The van der Waals surface area contributed by atoms with Gasteiger partial charge in [0.05, 0.1) is 25.5 Å². The Bertz CT molecular complexity index is 971. The van der Waals surface area contributed by atoms with E-state index in [9.17, 15) is 4.57 Å². The number of allylic oxidation sites excluding steroid dienone is 1. The number of phosphoric acid groups is 1. The molecule has 208 valence electrons. The van der Waals surface area contributed by atoms with Crippen LogP contribution in [0.3, 0.4) is 0 Å². The van der Waals surface area contributed by atoms with Gasteiger partial charge in [-0.2, -0.15) is 0 Å². The van der Waals surface area contributed by atoms with Crippen molar-refractivity contribution >= 4 is 19.1 Å². The van der Waals surface area contributed by atoms with E-state index in [0.29, 0.717) is 53.9 Å². The molecule has 2 rings (SSSR count). The zero-order chi connectivity index (χ0) is 27.3. The number of benzene rings is 1. The molecule has 1 heterocycles. The first-order valence-corrected chi connectivity index (χ1v) is 14.5. The number of hydrogen-bond donors (Lipinski definition) is 2.